The Morgan fingerprint density at radius 3 is 1.50 bits per heavy atom. The van der Waals surface area contributed by atoms with Crippen LogP contribution in [0.15, 0.2) is 60.7 Å². The molecule has 0 aliphatic rings. The van der Waals surface area contributed by atoms with Gasteiger partial charge in [0.15, 0.2) is 0 Å². The first-order valence-corrected chi connectivity index (χ1v) is 21.4. The van der Waals surface area contributed by atoms with E-state index < -0.39 is 15.6 Å². The summed E-state index contributed by atoms with van der Waals surface area (Å²) < 4.78 is 42.8. The second-order valence-electron chi connectivity index (χ2n) is 13.4. The van der Waals surface area contributed by atoms with Crippen LogP contribution < -0.4 is 4.52 Å². The van der Waals surface area contributed by atoms with E-state index in [1.807, 2.05) is 55.5 Å². The second kappa shape index (κ2) is 26.3. The third-order valence-corrected chi connectivity index (χ3v) is 10.9. The molecule has 0 spiro atoms. The third-order valence-electron chi connectivity index (χ3n) is 8.18. The van der Waals surface area contributed by atoms with E-state index in [-0.39, 0.29) is 6.04 Å². The first kappa shape index (κ1) is 44.5. The van der Waals surface area contributed by atoms with Gasteiger partial charge in [-0.1, -0.05) is 154 Å². The molecule has 0 aromatic heterocycles. The number of nitrogens with zero attached hydrogens (tertiary/aromatic N) is 1. The predicted molar refractivity (Wildman–Crippen MR) is 200 cm³/mol. The summed E-state index contributed by atoms with van der Waals surface area (Å²) in [5, 5.41) is 0. The van der Waals surface area contributed by atoms with Gasteiger partial charge in [0, 0.05) is 12.6 Å². The number of unbranched alkanes of at least 4 members (excludes halogenated alkanes) is 8. The molecule has 0 amide bonds. The van der Waals surface area contributed by atoms with E-state index >= 15 is 0 Å². The molecule has 0 fully saturated rings. The van der Waals surface area contributed by atoms with Crippen molar-refractivity contribution in [3.8, 4) is 5.75 Å². The number of phosphoric ester groups is 1. The van der Waals surface area contributed by atoms with E-state index in [0.29, 0.717) is 38.3 Å². The minimum Gasteiger partial charge on any atom is -0.404 e. The van der Waals surface area contributed by atoms with Crippen LogP contribution in [-0.4, -0.2) is 40.3 Å². The Balaban J connectivity index is 0.000000569. The number of benzene rings is 2. The largest absolute Gasteiger partial charge is 0.530 e. The van der Waals surface area contributed by atoms with Gasteiger partial charge in [0.05, 0.1) is 13.2 Å². The Bertz CT molecular complexity index is 1100. The topological polar surface area (TPSA) is 106 Å². The van der Waals surface area contributed by atoms with Crippen LogP contribution in [0.5, 0.6) is 5.75 Å². The lowest BCUT2D eigenvalue weighted by molar-refractivity contribution is 0.150. The smallest absolute Gasteiger partial charge is 0.404 e. The van der Waals surface area contributed by atoms with Gasteiger partial charge in [0.25, 0.3) is 0 Å². The van der Waals surface area contributed by atoms with E-state index in [2.05, 4.69) is 27.7 Å². The normalized spacial score (nSPS) is 12.7. The van der Waals surface area contributed by atoms with Gasteiger partial charge in [-0.15, -0.1) is 0 Å². The Kier molecular flexibility index (Phi) is 24.4. The van der Waals surface area contributed by atoms with Crippen molar-refractivity contribution in [2.45, 2.75) is 137 Å². The maximum absolute atomic E-state index is 13.1. The van der Waals surface area contributed by atoms with Crippen LogP contribution >= 0.6 is 15.6 Å². The van der Waals surface area contributed by atoms with Crippen molar-refractivity contribution in [2.24, 2.45) is 11.8 Å². The molecule has 1 atom stereocenters. The van der Waals surface area contributed by atoms with Crippen LogP contribution in [-0.2, 0) is 24.6 Å². The monoisotopic (exact) mass is 711 g/mol. The number of hydrogen-bond donors (Lipinski definition) is 2. The minimum absolute atomic E-state index is 0.122. The Morgan fingerprint density at radius 2 is 1.08 bits per heavy atom. The summed E-state index contributed by atoms with van der Waals surface area (Å²) in [5.41, 5.74) is 1.10. The lowest BCUT2D eigenvalue weighted by atomic mass is 10.0. The van der Waals surface area contributed by atoms with Crippen LogP contribution in [0, 0.1) is 11.8 Å². The maximum Gasteiger partial charge on any atom is 0.530 e. The van der Waals surface area contributed by atoms with Crippen LogP contribution in [0.3, 0.4) is 0 Å². The molecule has 48 heavy (non-hydrogen) atoms. The van der Waals surface area contributed by atoms with Gasteiger partial charge in [0.2, 0.25) is 0 Å². The van der Waals surface area contributed by atoms with Crippen LogP contribution in [0.2, 0.25) is 0 Å². The fraction of sp³-hybridized carbons (Fsp3) is 0.684. The molecule has 0 heterocycles. The summed E-state index contributed by atoms with van der Waals surface area (Å²) >= 11 is 0. The van der Waals surface area contributed by atoms with Crippen molar-refractivity contribution in [3.63, 3.8) is 0 Å². The summed E-state index contributed by atoms with van der Waals surface area (Å²) in [7, 11) is -7.74. The van der Waals surface area contributed by atoms with E-state index in [1.165, 1.54) is 56.0 Å². The molecule has 0 saturated heterocycles. The molecule has 0 aliphatic carbocycles. The zero-order chi connectivity index (χ0) is 35.7. The van der Waals surface area contributed by atoms with Crippen molar-refractivity contribution >= 4 is 15.6 Å². The number of phosphoric acid groups is 1. The molecule has 276 valence electrons. The van der Waals surface area contributed by atoms with E-state index in [0.717, 1.165) is 43.1 Å². The zero-order valence-corrected chi connectivity index (χ0v) is 32.6. The first-order valence-electron chi connectivity index (χ1n) is 18.4. The van der Waals surface area contributed by atoms with Crippen LogP contribution in [0.25, 0.3) is 0 Å². The van der Waals surface area contributed by atoms with Gasteiger partial charge < -0.3 is 14.3 Å². The highest BCUT2D eigenvalue weighted by Gasteiger charge is 2.30. The van der Waals surface area contributed by atoms with Crippen molar-refractivity contribution in [3.05, 3.63) is 66.2 Å². The second-order valence-corrected chi connectivity index (χ2v) is 16.6. The Morgan fingerprint density at radius 1 is 0.646 bits per heavy atom. The molecule has 2 aromatic rings. The molecular weight excluding hydrogens is 644 g/mol. The summed E-state index contributed by atoms with van der Waals surface area (Å²) in [5.74, 6) is 2.08. The van der Waals surface area contributed by atoms with Gasteiger partial charge in [0.1, 0.15) is 5.75 Å². The summed E-state index contributed by atoms with van der Waals surface area (Å²) in [6.45, 7) is 14.0. The summed E-state index contributed by atoms with van der Waals surface area (Å²) in [4.78, 5) is 18.6. The van der Waals surface area contributed by atoms with E-state index in [4.69, 9.17) is 13.6 Å². The zero-order valence-electron chi connectivity index (χ0n) is 30.8. The van der Waals surface area contributed by atoms with Gasteiger partial charge in [-0.2, -0.15) is 0 Å². The molecule has 10 heteroatoms. The first-order chi connectivity index (χ1) is 22.9. The molecule has 0 aliphatic heterocycles. The van der Waals surface area contributed by atoms with Crippen molar-refractivity contribution < 1.29 is 32.5 Å². The highest BCUT2D eigenvalue weighted by atomic mass is 31.2. The highest BCUT2D eigenvalue weighted by Crippen LogP contribution is 2.50. The SMILES string of the molecule is CC(C)CCCCCCCOP(=O)(OCCCCCCCC(C)C)Oc1ccccc1.CCC(Cc1ccccc1)N(CC)P(=O)(O)O. The molecule has 2 N–H and O–H groups in total. The molecule has 1 unspecified atom stereocenters. The molecule has 2 aromatic carbocycles. The Labute approximate surface area is 293 Å². The van der Waals surface area contributed by atoms with Crippen molar-refractivity contribution in [2.75, 3.05) is 19.8 Å². The Hall–Kier alpha value is -1.50. The fourth-order valence-corrected chi connectivity index (χ4v) is 7.73. The van der Waals surface area contributed by atoms with Gasteiger partial charge in [-0.05, 0) is 55.2 Å². The van der Waals surface area contributed by atoms with E-state index in [1.54, 1.807) is 19.1 Å². The van der Waals surface area contributed by atoms with Crippen molar-refractivity contribution in [1.82, 2.24) is 4.67 Å². The molecule has 0 radical (unpaired) electrons. The van der Waals surface area contributed by atoms with Gasteiger partial charge >= 0.3 is 15.6 Å². The lowest BCUT2D eigenvalue weighted by Crippen LogP contribution is -2.33. The molecule has 0 saturated carbocycles. The summed E-state index contributed by atoms with van der Waals surface area (Å²) in [6, 6.07) is 18.8. The highest BCUT2D eigenvalue weighted by molar-refractivity contribution is 7.49. The number of hydrogen-bond acceptors (Lipinski definition) is 5. The minimum atomic E-state index is -4.15. The maximum atomic E-state index is 13.1. The van der Waals surface area contributed by atoms with Crippen molar-refractivity contribution in [1.29, 1.82) is 0 Å². The quantitative estimate of drug-likeness (QED) is 0.0734. The fourth-order valence-electron chi connectivity index (χ4n) is 5.42. The number of likely N-dealkylation sites (N-methyl/N-ethyl adjacent to an activating group) is 1. The third kappa shape index (κ3) is 22.3. The van der Waals surface area contributed by atoms with Crippen LogP contribution in [0.1, 0.15) is 131 Å². The van der Waals surface area contributed by atoms with Gasteiger partial charge in [-0.3, -0.25) is 9.05 Å². The molecule has 0 bridgehead atoms. The molecule has 8 nitrogen and oxygen atoms in total. The van der Waals surface area contributed by atoms with E-state index in [9.17, 15) is 18.9 Å². The number of para-hydroxylation sites is 1. The summed E-state index contributed by atoms with van der Waals surface area (Å²) in [6.07, 6.45) is 15.4. The van der Waals surface area contributed by atoms with Crippen LogP contribution in [0.4, 0.5) is 0 Å². The lowest BCUT2D eigenvalue weighted by Gasteiger charge is -2.30. The average Bonchev–Trinajstić information content (AvgIpc) is 3.04. The molecular formula is C38H67NO7P2. The van der Waals surface area contributed by atoms with Gasteiger partial charge in [-0.25, -0.2) is 13.8 Å². The standard InChI is InChI=1S/C26H47O4P.C12H20NO3P/c1-24(2)18-12-7-5-9-16-22-28-31(27,30-26-20-14-11-15-21-26)29-23-17-10-6-8-13-19-25(3)4;1-3-12(13(4-2)17(14,15)16)10-11-8-6-5-7-9-11/h11,14-15,20-21,24-25H,5-10,12-13,16-19,22-23H2,1-4H3;5-9,12H,3-4,10H2,1-2H3,(H2,14,15,16). The molecule has 2 rings (SSSR count). The predicted octanol–water partition coefficient (Wildman–Crippen LogP) is 11.6. The number of rotatable bonds is 26. The average molecular weight is 712 g/mol.